The van der Waals surface area contributed by atoms with Crippen LogP contribution in [-0.4, -0.2) is 16.6 Å². The second kappa shape index (κ2) is 7.14. The molecule has 0 aliphatic rings. The van der Waals surface area contributed by atoms with Gasteiger partial charge in [0.15, 0.2) is 0 Å². The molecule has 112 valence electrons. The summed E-state index contributed by atoms with van der Waals surface area (Å²) in [6.07, 6.45) is 0.0188. The lowest BCUT2D eigenvalue weighted by atomic mass is 10.2. The van der Waals surface area contributed by atoms with Gasteiger partial charge in [0.2, 0.25) is 0 Å². The van der Waals surface area contributed by atoms with Gasteiger partial charge < -0.3 is 14.5 Å². The minimum atomic E-state index is -3.54. The number of hydrogen-bond acceptors (Lipinski definition) is 4. The number of benzene rings is 2. The molecule has 0 saturated carbocycles. The van der Waals surface area contributed by atoms with E-state index < -0.39 is 7.60 Å². The van der Waals surface area contributed by atoms with Crippen LogP contribution in [0.5, 0.6) is 5.75 Å². The van der Waals surface area contributed by atoms with Gasteiger partial charge in [-0.15, -0.1) is 0 Å². The summed E-state index contributed by atoms with van der Waals surface area (Å²) in [5.41, 5.74) is 0.768. The average molecular weight is 324 g/mol. The zero-order valence-corrected chi connectivity index (χ0v) is 13.3. The second-order valence-corrected chi connectivity index (χ2v) is 7.45. The Kier molecular flexibility index (Phi) is 5.48. The van der Waals surface area contributed by atoms with Crippen molar-refractivity contribution in [1.29, 1.82) is 0 Å². The van der Waals surface area contributed by atoms with E-state index in [0.717, 1.165) is 15.4 Å². The van der Waals surface area contributed by atoms with Gasteiger partial charge >= 0.3 is 7.60 Å². The van der Waals surface area contributed by atoms with E-state index in [0.29, 0.717) is 0 Å². The Hall–Kier alpha value is -1.26. The first-order valence-electron chi connectivity index (χ1n) is 6.51. The maximum Gasteiger partial charge on any atom is 0.332 e. The average Bonchev–Trinajstić information content (AvgIpc) is 2.43. The van der Waals surface area contributed by atoms with Crippen LogP contribution >= 0.6 is 19.4 Å². The highest BCUT2D eigenvalue weighted by Crippen LogP contribution is 2.45. The Bertz CT molecular complexity index is 625. The molecule has 0 aliphatic carbocycles. The Labute approximate surface area is 128 Å². The molecule has 0 aromatic heterocycles. The molecule has 21 heavy (non-hydrogen) atoms. The van der Waals surface area contributed by atoms with Gasteiger partial charge in [-0.1, -0.05) is 23.9 Å². The van der Waals surface area contributed by atoms with Gasteiger partial charge in [-0.3, -0.25) is 4.57 Å². The molecular weight excluding hydrogens is 307 g/mol. The van der Waals surface area contributed by atoms with E-state index in [1.807, 2.05) is 36.4 Å². The van der Waals surface area contributed by atoms with Crippen LogP contribution in [-0.2, 0) is 15.3 Å². The summed E-state index contributed by atoms with van der Waals surface area (Å²) >= 11 is 1.56. The van der Waals surface area contributed by atoms with Crippen molar-refractivity contribution < 1.29 is 19.1 Å². The molecule has 0 aliphatic heterocycles. The molecule has 0 heterocycles. The lowest BCUT2D eigenvalue weighted by molar-refractivity contribution is 0.272. The van der Waals surface area contributed by atoms with Gasteiger partial charge in [0.25, 0.3) is 0 Å². The van der Waals surface area contributed by atoms with Crippen LogP contribution in [0.4, 0.5) is 0 Å². The quantitative estimate of drug-likeness (QED) is 0.777. The van der Waals surface area contributed by atoms with Crippen LogP contribution < -0.4 is 0 Å². The highest BCUT2D eigenvalue weighted by molar-refractivity contribution is 7.99. The van der Waals surface area contributed by atoms with Crippen LogP contribution in [0.25, 0.3) is 0 Å². The molecule has 2 aromatic carbocycles. The van der Waals surface area contributed by atoms with Crippen molar-refractivity contribution in [3.8, 4) is 5.75 Å². The molecule has 0 radical (unpaired) electrons. The van der Waals surface area contributed by atoms with E-state index in [2.05, 4.69) is 0 Å². The van der Waals surface area contributed by atoms with Crippen molar-refractivity contribution >= 4 is 19.4 Å². The number of phenols is 1. The molecule has 0 bridgehead atoms. The van der Waals surface area contributed by atoms with E-state index in [-0.39, 0.29) is 18.5 Å². The van der Waals surface area contributed by atoms with Crippen LogP contribution in [0.2, 0.25) is 0 Å². The van der Waals surface area contributed by atoms with E-state index in [1.54, 1.807) is 30.8 Å². The Morgan fingerprint density at radius 2 is 1.57 bits per heavy atom. The number of rotatable bonds is 6. The van der Waals surface area contributed by atoms with Gasteiger partial charge in [-0.2, -0.15) is 0 Å². The maximum atomic E-state index is 11.7. The standard InChI is InChI=1S/C15H17O4PS/c1-2-19-20(17,18)11-12-3-7-14(8-4-12)21-15-9-5-13(16)6-10-15/h3-10,16H,2,11H2,1H3,(H,17,18). The third-order valence-corrected chi connectivity index (χ3v) is 5.15. The first-order valence-corrected chi connectivity index (χ1v) is 9.08. The third-order valence-electron chi connectivity index (χ3n) is 2.71. The molecule has 2 aromatic rings. The smallest absolute Gasteiger partial charge is 0.332 e. The molecule has 1 unspecified atom stereocenters. The monoisotopic (exact) mass is 324 g/mol. The molecule has 1 atom stereocenters. The van der Waals surface area contributed by atoms with Crippen molar-refractivity contribution in [2.24, 2.45) is 0 Å². The summed E-state index contributed by atoms with van der Waals surface area (Å²) in [6.45, 7) is 1.92. The molecular formula is C15H17O4PS. The summed E-state index contributed by atoms with van der Waals surface area (Å²) < 4.78 is 16.5. The minimum Gasteiger partial charge on any atom is -0.508 e. The summed E-state index contributed by atoms with van der Waals surface area (Å²) in [6, 6.07) is 14.4. The highest BCUT2D eigenvalue weighted by atomic mass is 32.2. The van der Waals surface area contributed by atoms with Gasteiger partial charge in [-0.25, -0.2) is 0 Å². The first kappa shape index (κ1) is 16.1. The Morgan fingerprint density at radius 3 is 2.10 bits per heavy atom. The fraction of sp³-hybridized carbons (Fsp3) is 0.200. The van der Waals surface area contributed by atoms with E-state index >= 15 is 0 Å². The number of hydrogen-bond donors (Lipinski definition) is 2. The lowest BCUT2D eigenvalue weighted by Gasteiger charge is -2.11. The normalized spacial score (nSPS) is 13.8. The summed E-state index contributed by atoms with van der Waals surface area (Å²) in [5, 5.41) is 9.24. The molecule has 0 amide bonds. The van der Waals surface area contributed by atoms with Gasteiger partial charge in [0, 0.05) is 9.79 Å². The zero-order valence-electron chi connectivity index (χ0n) is 11.6. The zero-order chi connectivity index (χ0) is 15.3. The van der Waals surface area contributed by atoms with E-state index in [1.165, 1.54) is 0 Å². The fourth-order valence-electron chi connectivity index (χ4n) is 1.79. The summed E-state index contributed by atoms with van der Waals surface area (Å²) in [7, 11) is -3.54. The number of phenolic OH excluding ortho intramolecular Hbond substituents is 1. The van der Waals surface area contributed by atoms with Gasteiger partial charge in [0.05, 0.1) is 12.8 Å². The Morgan fingerprint density at radius 1 is 1.05 bits per heavy atom. The van der Waals surface area contributed by atoms with Crippen LogP contribution in [0.1, 0.15) is 12.5 Å². The topological polar surface area (TPSA) is 66.8 Å². The van der Waals surface area contributed by atoms with E-state index in [4.69, 9.17) is 4.52 Å². The first-order chi connectivity index (χ1) is 9.98. The van der Waals surface area contributed by atoms with Crippen LogP contribution in [0, 0.1) is 0 Å². The van der Waals surface area contributed by atoms with Gasteiger partial charge in [0.1, 0.15) is 5.75 Å². The SMILES string of the molecule is CCOP(=O)(O)Cc1ccc(Sc2ccc(O)cc2)cc1. The molecule has 0 saturated heterocycles. The largest absolute Gasteiger partial charge is 0.508 e. The molecule has 6 heteroatoms. The van der Waals surface area contributed by atoms with Crippen molar-refractivity contribution in [1.82, 2.24) is 0 Å². The van der Waals surface area contributed by atoms with E-state index in [9.17, 15) is 14.6 Å². The van der Waals surface area contributed by atoms with Crippen molar-refractivity contribution in [3.63, 3.8) is 0 Å². The highest BCUT2D eigenvalue weighted by Gasteiger charge is 2.18. The Balaban J connectivity index is 2.02. The van der Waals surface area contributed by atoms with Crippen molar-refractivity contribution in [2.75, 3.05) is 6.61 Å². The predicted octanol–water partition coefficient (Wildman–Crippen LogP) is 4.27. The third kappa shape index (κ3) is 5.21. The fourth-order valence-corrected chi connectivity index (χ4v) is 3.77. The minimum absolute atomic E-state index is 0.0188. The summed E-state index contributed by atoms with van der Waals surface area (Å²) in [4.78, 5) is 11.6. The van der Waals surface area contributed by atoms with Crippen LogP contribution in [0.15, 0.2) is 58.3 Å². The molecule has 2 rings (SSSR count). The van der Waals surface area contributed by atoms with Crippen molar-refractivity contribution in [2.45, 2.75) is 22.9 Å². The van der Waals surface area contributed by atoms with Crippen molar-refractivity contribution in [3.05, 3.63) is 54.1 Å². The molecule has 0 fully saturated rings. The number of aromatic hydroxyl groups is 1. The van der Waals surface area contributed by atoms with Crippen LogP contribution in [0.3, 0.4) is 0 Å². The molecule has 0 spiro atoms. The second-order valence-electron chi connectivity index (χ2n) is 4.45. The predicted molar refractivity (Wildman–Crippen MR) is 83.8 cm³/mol. The summed E-state index contributed by atoms with van der Waals surface area (Å²) in [5.74, 6) is 0.240. The lowest BCUT2D eigenvalue weighted by Crippen LogP contribution is -1.93. The maximum absolute atomic E-state index is 11.7. The molecule has 2 N–H and O–H groups in total. The molecule has 4 nitrogen and oxygen atoms in total. The van der Waals surface area contributed by atoms with Gasteiger partial charge in [-0.05, 0) is 48.9 Å².